The lowest BCUT2D eigenvalue weighted by Crippen LogP contribution is -2.24. The molecule has 1 amide bonds. The van der Waals surface area contributed by atoms with Gasteiger partial charge in [-0.05, 0) is 62.8 Å². The molecule has 3 aromatic rings. The average molecular weight is 462 g/mol. The van der Waals surface area contributed by atoms with Crippen molar-refractivity contribution >= 4 is 34.1 Å². The quantitative estimate of drug-likeness (QED) is 0.413. The number of hydrogen-bond donors (Lipinski definition) is 2. The number of aliphatic imine (C=N–C) groups is 1. The molecule has 4 rings (SSSR count). The number of aryl methyl sites for hydroxylation is 1. The van der Waals surface area contributed by atoms with Crippen LogP contribution < -0.4 is 10.2 Å². The molecule has 6 heteroatoms. The highest BCUT2D eigenvalue weighted by atomic mass is 32.1. The van der Waals surface area contributed by atoms with E-state index in [1.807, 2.05) is 42.5 Å². The van der Waals surface area contributed by atoms with Crippen molar-refractivity contribution in [2.24, 2.45) is 4.99 Å². The Hall–Kier alpha value is -3.12. The van der Waals surface area contributed by atoms with Crippen LogP contribution in [0.25, 0.3) is 0 Å². The van der Waals surface area contributed by atoms with E-state index in [2.05, 4.69) is 24.1 Å². The maximum absolute atomic E-state index is 13.2. The first-order valence-electron chi connectivity index (χ1n) is 11.7. The third-order valence-electron chi connectivity index (χ3n) is 6.14. The van der Waals surface area contributed by atoms with Gasteiger partial charge in [-0.25, -0.2) is 4.99 Å². The zero-order chi connectivity index (χ0) is 23.2. The SMILES string of the molecule is CCN(CC)c1ccc(/C=N\c2sc3c(c2C(=O)NCc2ccccc2)CCCC3)c(O)c1. The Labute approximate surface area is 199 Å². The highest BCUT2D eigenvalue weighted by molar-refractivity contribution is 7.16. The molecule has 0 fully saturated rings. The minimum atomic E-state index is -0.0773. The number of carbonyl (C=O) groups is 1. The number of fused-ring (bicyclic) bond motifs is 1. The van der Waals surface area contributed by atoms with Crippen LogP contribution >= 0.6 is 11.3 Å². The lowest BCUT2D eigenvalue weighted by atomic mass is 9.95. The molecule has 0 aliphatic heterocycles. The van der Waals surface area contributed by atoms with Crippen LogP contribution in [0.4, 0.5) is 10.7 Å². The molecule has 0 spiro atoms. The van der Waals surface area contributed by atoms with E-state index in [0.29, 0.717) is 17.7 Å². The minimum Gasteiger partial charge on any atom is -0.507 e. The van der Waals surface area contributed by atoms with Gasteiger partial charge in [0.1, 0.15) is 10.8 Å². The smallest absolute Gasteiger partial charge is 0.254 e. The summed E-state index contributed by atoms with van der Waals surface area (Å²) < 4.78 is 0. The predicted octanol–water partition coefficient (Wildman–Crippen LogP) is 5.86. The number of carbonyl (C=O) groups excluding carboxylic acids is 1. The molecule has 0 saturated heterocycles. The number of benzene rings is 2. The number of nitrogens with zero attached hydrogens (tertiary/aromatic N) is 2. The molecular weight excluding hydrogens is 430 g/mol. The number of phenols is 1. The van der Waals surface area contributed by atoms with Gasteiger partial charge in [0.15, 0.2) is 0 Å². The molecule has 0 radical (unpaired) electrons. The van der Waals surface area contributed by atoms with E-state index in [1.165, 1.54) is 4.88 Å². The first-order chi connectivity index (χ1) is 16.1. The highest BCUT2D eigenvalue weighted by Gasteiger charge is 2.25. The van der Waals surface area contributed by atoms with Crippen molar-refractivity contribution in [2.75, 3.05) is 18.0 Å². The van der Waals surface area contributed by atoms with Crippen LogP contribution in [0.1, 0.15) is 58.6 Å². The topological polar surface area (TPSA) is 64.9 Å². The normalized spacial score (nSPS) is 13.2. The lowest BCUT2D eigenvalue weighted by Gasteiger charge is -2.21. The summed E-state index contributed by atoms with van der Waals surface area (Å²) in [6.07, 6.45) is 5.83. The molecule has 33 heavy (non-hydrogen) atoms. The van der Waals surface area contributed by atoms with E-state index in [-0.39, 0.29) is 11.7 Å². The summed E-state index contributed by atoms with van der Waals surface area (Å²) in [7, 11) is 0. The van der Waals surface area contributed by atoms with Crippen LogP contribution in [0, 0.1) is 0 Å². The van der Waals surface area contributed by atoms with E-state index < -0.39 is 0 Å². The van der Waals surface area contributed by atoms with E-state index in [4.69, 9.17) is 4.99 Å². The Morgan fingerprint density at radius 3 is 2.61 bits per heavy atom. The van der Waals surface area contributed by atoms with Crippen molar-refractivity contribution in [1.82, 2.24) is 5.32 Å². The lowest BCUT2D eigenvalue weighted by molar-refractivity contribution is 0.0951. The molecule has 2 aromatic carbocycles. The van der Waals surface area contributed by atoms with Gasteiger partial charge in [0, 0.05) is 48.0 Å². The number of rotatable bonds is 8. The van der Waals surface area contributed by atoms with Crippen LogP contribution in [0.2, 0.25) is 0 Å². The van der Waals surface area contributed by atoms with E-state index >= 15 is 0 Å². The molecule has 0 atom stereocenters. The largest absolute Gasteiger partial charge is 0.507 e. The van der Waals surface area contributed by atoms with E-state index in [0.717, 1.165) is 60.6 Å². The van der Waals surface area contributed by atoms with Gasteiger partial charge in [0.05, 0.1) is 5.56 Å². The zero-order valence-electron chi connectivity index (χ0n) is 19.3. The fraction of sp³-hybridized carbons (Fsp3) is 0.333. The molecular formula is C27H31N3O2S. The Balaban J connectivity index is 1.59. The number of hydrogen-bond acceptors (Lipinski definition) is 5. The maximum atomic E-state index is 13.2. The van der Waals surface area contributed by atoms with Crippen LogP contribution in [-0.2, 0) is 19.4 Å². The van der Waals surface area contributed by atoms with Gasteiger partial charge < -0.3 is 15.3 Å². The fourth-order valence-corrected chi connectivity index (χ4v) is 5.53. The summed E-state index contributed by atoms with van der Waals surface area (Å²) >= 11 is 1.60. The van der Waals surface area contributed by atoms with Crippen molar-refractivity contribution in [1.29, 1.82) is 0 Å². The van der Waals surface area contributed by atoms with Gasteiger partial charge in [0.2, 0.25) is 0 Å². The monoisotopic (exact) mass is 461 g/mol. The summed E-state index contributed by atoms with van der Waals surface area (Å²) in [5.74, 6) is 0.117. The van der Waals surface area contributed by atoms with Gasteiger partial charge in [0.25, 0.3) is 5.91 Å². The second-order valence-electron chi connectivity index (χ2n) is 8.23. The Morgan fingerprint density at radius 1 is 1.12 bits per heavy atom. The average Bonchev–Trinajstić information content (AvgIpc) is 3.22. The maximum Gasteiger partial charge on any atom is 0.254 e. The van der Waals surface area contributed by atoms with Crippen molar-refractivity contribution < 1.29 is 9.90 Å². The molecule has 2 N–H and O–H groups in total. The van der Waals surface area contributed by atoms with Crippen molar-refractivity contribution in [3.05, 3.63) is 75.7 Å². The van der Waals surface area contributed by atoms with E-state index in [1.54, 1.807) is 23.6 Å². The summed E-state index contributed by atoms with van der Waals surface area (Å²) in [6, 6.07) is 15.6. The van der Waals surface area contributed by atoms with Crippen LogP contribution in [0.3, 0.4) is 0 Å². The third-order valence-corrected chi connectivity index (χ3v) is 7.34. The summed E-state index contributed by atoms with van der Waals surface area (Å²) in [5, 5.41) is 14.4. The number of amides is 1. The Kier molecular flexibility index (Phi) is 7.45. The summed E-state index contributed by atoms with van der Waals surface area (Å²) in [6.45, 7) is 6.44. The number of aromatic hydroxyl groups is 1. The first kappa shape index (κ1) is 23.1. The number of anilines is 1. The summed E-state index contributed by atoms with van der Waals surface area (Å²) in [5.41, 5.74) is 4.54. The molecule has 0 bridgehead atoms. The standard InChI is InChI=1S/C27H31N3O2S/c1-3-30(4-2)21-15-14-20(23(31)16-21)18-29-27-25(22-12-8-9-13-24(22)33-27)26(32)28-17-19-10-6-5-7-11-19/h5-7,10-11,14-16,18,31H,3-4,8-9,12-13,17H2,1-2H3,(H,28,32)/b29-18-. The second kappa shape index (κ2) is 10.7. The van der Waals surface area contributed by atoms with Gasteiger partial charge >= 0.3 is 0 Å². The first-order valence-corrected chi connectivity index (χ1v) is 12.5. The zero-order valence-corrected chi connectivity index (χ0v) is 20.1. The molecule has 0 saturated carbocycles. The molecule has 172 valence electrons. The summed E-state index contributed by atoms with van der Waals surface area (Å²) in [4.78, 5) is 21.3. The van der Waals surface area contributed by atoms with E-state index in [9.17, 15) is 9.90 Å². The van der Waals surface area contributed by atoms with Crippen LogP contribution in [-0.4, -0.2) is 30.3 Å². The van der Waals surface area contributed by atoms with Gasteiger partial charge in [-0.2, -0.15) is 0 Å². The minimum absolute atomic E-state index is 0.0773. The van der Waals surface area contributed by atoms with Crippen LogP contribution in [0.15, 0.2) is 53.5 Å². The highest BCUT2D eigenvalue weighted by Crippen LogP contribution is 2.40. The number of thiophene rings is 1. The molecule has 1 heterocycles. The second-order valence-corrected chi connectivity index (χ2v) is 9.32. The molecule has 5 nitrogen and oxygen atoms in total. The van der Waals surface area contributed by atoms with Gasteiger partial charge in [-0.3, -0.25) is 4.79 Å². The van der Waals surface area contributed by atoms with Crippen LogP contribution in [0.5, 0.6) is 5.75 Å². The number of nitrogens with one attached hydrogen (secondary N) is 1. The van der Waals surface area contributed by atoms with Gasteiger partial charge in [-0.15, -0.1) is 11.3 Å². The number of phenolic OH excluding ortho intramolecular Hbond substituents is 1. The molecule has 1 aliphatic rings. The Morgan fingerprint density at radius 2 is 1.88 bits per heavy atom. The van der Waals surface area contributed by atoms with Crippen molar-refractivity contribution in [3.8, 4) is 5.75 Å². The molecule has 1 aliphatic carbocycles. The fourth-order valence-electron chi connectivity index (χ4n) is 4.30. The van der Waals surface area contributed by atoms with Crippen molar-refractivity contribution in [2.45, 2.75) is 46.1 Å². The van der Waals surface area contributed by atoms with Crippen molar-refractivity contribution in [3.63, 3.8) is 0 Å². The molecule has 0 unspecified atom stereocenters. The molecule has 1 aromatic heterocycles. The predicted molar refractivity (Wildman–Crippen MR) is 137 cm³/mol. The third kappa shape index (κ3) is 5.28. The Bertz CT molecular complexity index is 1130. The van der Waals surface area contributed by atoms with Gasteiger partial charge in [-0.1, -0.05) is 30.3 Å².